The summed E-state index contributed by atoms with van der Waals surface area (Å²) in [5, 5.41) is 0. The summed E-state index contributed by atoms with van der Waals surface area (Å²) in [7, 11) is -2.43. The normalized spacial score (nSPS) is 11.8. The molecule has 6 heteroatoms. The van der Waals surface area contributed by atoms with Gasteiger partial charge >= 0.3 is 11.9 Å². The molecule has 0 aliphatic rings. The van der Waals surface area contributed by atoms with Crippen LogP contribution in [-0.2, 0) is 19.1 Å². The molecule has 0 aliphatic heterocycles. The van der Waals surface area contributed by atoms with Crippen LogP contribution in [0.4, 0.5) is 0 Å². The second kappa shape index (κ2) is 13.1. The Morgan fingerprint density at radius 2 is 0.929 bits per heavy atom. The molecule has 0 aromatic heterocycles. The van der Waals surface area contributed by atoms with Gasteiger partial charge in [0.05, 0.1) is 13.2 Å². The minimum Gasteiger partial charge on any atom is -0.462 e. The van der Waals surface area contributed by atoms with Crippen molar-refractivity contribution >= 4 is 28.1 Å². The highest BCUT2D eigenvalue weighted by molar-refractivity contribution is 6.78. The van der Waals surface area contributed by atoms with Crippen LogP contribution in [0.3, 0.4) is 0 Å². The molecule has 0 N–H and O–H groups in total. The van der Waals surface area contributed by atoms with Crippen molar-refractivity contribution in [1.29, 1.82) is 0 Å². The van der Waals surface area contributed by atoms with Crippen LogP contribution < -0.4 is 0 Å². The number of hydrogen-bond donors (Lipinski definition) is 0. The van der Waals surface area contributed by atoms with Crippen LogP contribution in [0.2, 0.25) is 50.4 Å². The Labute approximate surface area is 174 Å². The van der Waals surface area contributed by atoms with Gasteiger partial charge < -0.3 is 9.47 Å². The highest BCUT2D eigenvalue weighted by atomic mass is 28.3. The molecule has 4 nitrogen and oxygen atoms in total. The molecule has 0 aromatic rings. The predicted octanol–water partition coefficient (Wildman–Crippen LogP) is 6.20. The van der Waals surface area contributed by atoms with E-state index in [-0.39, 0.29) is 11.9 Å². The van der Waals surface area contributed by atoms with Gasteiger partial charge in [-0.15, -0.1) is 0 Å². The summed E-state index contributed by atoms with van der Waals surface area (Å²) in [6.45, 7) is 21.3. The van der Waals surface area contributed by atoms with Crippen LogP contribution in [-0.4, -0.2) is 41.3 Å². The molecular weight excluding hydrogens is 384 g/mol. The topological polar surface area (TPSA) is 52.6 Å². The maximum atomic E-state index is 11.4. The maximum Gasteiger partial charge on any atom is 0.333 e. The third kappa shape index (κ3) is 13.9. The second-order valence-electron chi connectivity index (χ2n) is 9.58. The summed E-state index contributed by atoms with van der Waals surface area (Å²) in [4.78, 5) is 22.8. The molecule has 0 rings (SSSR count). The van der Waals surface area contributed by atoms with E-state index in [2.05, 4.69) is 39.3 Å². The first-order valence-electron chi connectivity index (χ1n) is 10.5. The smallest absolute Gasteiger partial charge is 0.333 e. The Balaban J connectivity index is 3.91. The average molecular weight is 427 g/mol. The van der Waals surface area contributed by atoms with E-state index in [0.29, 0.717) is 24.4 Å². The number of ether oxygens (including phenoxy) is 2. The van der Waals surface area contributed by atoms with E-state index in [9.17, 15) is 9.59 Å². The molecule has 162 valence electrons. The molecule has 0 unspecified atom stereocenters. The number of rotatable bonds is 15. The van der Waals surface area contributed by atoms with E-state index < -0.39 is 16.1 Å². The van der Waals surface area contributed by atoms with Crippen LogP contribution in [0.25, 0.3) is 0 Å². The SMILES string of the molecule is C=C(C)C(=O)OCCC[Si](C)(C)CCCC[Si](C)(C)CCCOC(=O)C(=C)C. The van der Waals surface area contributed by atoms with Crippen molar-refractivity contribution in [3.8, 4) is 0 Å². The van der Waals surface area contributed by atoms with Gasteiger partial charge in [0.1, 0.15) is 0 Å². The number of hydrogen-bond acceptors (Lipinski definition) is 4. The van der Waals surface area contributed by atoms with Crippen LogP contribution in [0.1, 0.15) is 39.5 Å². The Kier molecular flexibility index (Phi) is 12.6. The zero-order valence-electron chi connectivity index (χ0n) is 19.1. The molecule has 0 heterocycles. The highest BCUT2D eigenvalue weighted by Crippen LogP contribution is 2.25. The van der Waals surface area contributed by atoms with Crippen molar-refractivity contribution < 1.29 is 19.1 Å². The summed E-state index contributed by atoms with van der Waals surface area (Å²) in [6, 6.07) is 5.07. The molecule has 0 amide bonds. The van der Waals surface area contributed by atoms with E-state index in [1.165, 1.54) is 37.0 Å². The summed E-state index contributed by atoms with van der Waals surface area (Å²) in [5.74, 6) is -0.554. The van der Waals surface area contributed by atoms with Crippen molar-refractivity contribution in [3.05, 3.63) is 24.3 Å². The van der Waals surface area contributed by atoms with Gasteiger partial charge in [0.15, 0.2) is 0 Å². The van der Waals surface area contributed by atoms with Crippen LogP contribution in [0.15, 0.2) is 24.3 Å². The standard InChI is InChI=1S/C22H42O4Si2/c1-19(2)21(23)25-13-11-17-27(5,6)15-9-10-16-28(7,8)18-12-14-26-22(24)20(3)4/h1,3,9-18H2,2,4-8H3. The zero-order chi connectivity index (χ0) is 21.8. The molecule has 0 saturated heterocycles. The summed E-state index contributed by atoms with van der Waals surface area (Å²) >= 11 is 0. The molecule has 0 fully saturated rings. The lowest BCUT2D eigenvalue weighted by atomic mass is 10.4. The van der Waals surface area contributed by atoms with Crippen LogP contribution in [0.5, 0.6) is 0 Å². The minimum absolute atomic E-state index is 0.277. The van der Waals surface area contributed by atoms with Gasteiger partial charge in [0.25, 0.3) is 0 Å². The Morgan fingerprint density at radius 3 is 1.21 bits per heavy atom. The number of esters is 2. The van der Waals surface area contributed by atoms with Crippen molar-refractivity contribution in [2.45, 2.75) is 89.9 Å². The van der Waals surface area contributed by atoms with Gasteiger partial charge in [-0.3, -0.25) is 0 Å². The maximum absolute atomic E-state index is 11.4. The van der Waals surface area contributed by atoms with Crippen molar-refractivity contribution in [1.82, 2.24) is 0 Å². The minimum atomic E-state index is -1.22. The number of unbranched alkanes of at least 4 members (excludes halogenated alkanes) is 1. The van der Waals surface area contributed by atoms with Crippen LogP contribution in [0, 0.1) is 0 Å². The zero-order valence-corrected chi connectivity index (χ0v) is 21.1. The summed E-state index contributed by atoms with van der Waals surface area (Å²) in [6.07, 6.45) is 4.51. The highest BCUT2D eigenvalue weighted by Gasteiger charge is 2.23. The van der Waals surface area contributed by atoms with E-state index in [1.807, 2.05) is 0 Å². The van der Waals surface area contributed by atoms with E-state index in [4.69, 9.17) is 9.47 Å². The molecule has 0 aliphatic carbocycles. The van der Waals surface area contributed by atoms with E-state index >= 15 is 0 Å². The van der Waals surface area contributed by atoms with Crippen molar-refractivity contribution in [2.75, 3.05) is 13.2 Å². The van der Waals surface area contributed by atoms with Gasteiger partial charge in [0, 0.05) is 27.3 Å². The molecule has 0 aromatic carbocycles. The van der Waals surface area contributed by atoms with E-state index in [0.717, 1.165) is 12.8 Å². The van der Waals surface area contributed by atoms with Crippen molar-refractivity contribution in [3.63, 3.8) is 0 Å². The molecule has 0 saturated carbocycles. The quantitative estimate of drug-likeness (QED) is 0.135. The lowest BCUT2D eigenvalue weighted by molar-refractivity contribution is -0.139. The molecule has 0 bridgehead atoms. The molecule has 0 spiro atoms. The fraction of sp³-hybridized carbons (Fsp3) is 0.727. The molecular formula is C22H42O4Si2. The summed E-state index contributed by atoms with van der Waals surface area (Å²) in [5.41, 5.74) is 0.939. The van der Waals surface area contributed by atoms with Gasteiger partial charge in [0.2, 0.25) is 0 Å². The number of carbonyl (C=O) groups is 2. The Bertz CT molecular complexity index is 491. The third-order valence-corrected chi connectivity index (χ3v) is 11.9. The first kappa shape index (κ1) is 26.9. The van der Waals surface area contributed by atoms with Gasteiger partial charge in [-0.05, 0) is 26.7 Å². The third-order valence-electron chi connectivity index (χ3n) is 5.12. The van der Waals surface area contributed by atoms with Gasteiger partial charge in [-0.2, -0.15) is 0 Å². The molecule has 0 atom stereocenters. The van der Waals surface area contributed by atoms with Gasteiger partial charge in [-0.25, -0.2) is 9.59 Å². The lowest BCUT2D eigenvalue weighted by Crippen LogP contribution is -2.27. The fourth-order valence-electron chi connectivity index (χ4n) is 3.13. The van der Waals surface area contributed by atoms with Gasteiger partial charge in [-0.1, -0.05) is 76.4 Å². The first-order valence-corrected chi connectivity index (χ1v) is 17.3. The van der Waals surface area contributed by atoms with Crippen LogP contribution >= 0.6 is 0 Å². The molecule has 28 heavy (non-hydrogen) atoms. The Morgan fingerprint density at radius 1 is 0.643 bits per heavy atom. The lowest BCUT2D eigenvalue weighted by Gasteiger charge is -2.25. The Hall–Kier alpha value is -1.15. The van der Waals surface area contributed by atoms with Crippen molar-refractivity contribution in [2.24, 2.45) is 0 Å². The average Bonchev–Trinajstić information content (AvgIpc) is 2.59. The summed E-state index contributed by atoms with van der Waals surface area (Å²) < 4.78 is 10.4. The predicted molar refractivity (Wildman–Crippen MR) is 124 cm³/mol. The van der Waals surface area contributed by atoms with E-state index in [1.54, 1.807) is 13.8 Å². The largest absolute Gasteiger partial charge is 0.462 e. The monoisotopic (exact) mass is 426 g/mol. The molecule has 0 radical (unpaired) electrons. The first-order chi connectivity index (χ1) is 12.9. The number of carbonyl (C=O) groups excluding carboxylic acids is 2. The second-order valence-corrected chi connectivity index (χ2v) is 20.2. The fourth-order valence-corrected chi connectivity index (χ4v) is 8.25.